The van der Waals surface area contributed by atoms with Gasteiger partial charge in [0.25, 0.3) is 0 Å². The highest BCUT2D eigenvalue weighted by atomic mass is 32.1. The van der Waals surface area contributed by atoms with Crippen molar-refractivity contribution in [1.82, 2.24) is 4.98 Å². The molecule has 3 heterocycles. The summed E-state index contributed by atoms with van der Waals surface area (Å²) in [5, 5.41) is 21.0. The van der Waals surface area contributed by atoms with Crippen LogP contribution < -0.4 is 0 Å². The quantitative estimate of drug-likeness (QED) is 0.422. The van der Waals surface area contributed by atoms with Gasteiger partial charge >= 0.3 is 5.97 Å². The number of ketones is 1. The first-order valence-electron chi connectivity index (χ1n) is 14.6. The first kappa shape index (κ1) is 26.1. The molecular weight excluding hydrogens is 514 g/mol. The lowest BCUT2D eigenvalue weighted by atomic mass is 9.43. The fourth-order valence-corrected chi connectivity index (χ4v) is 11.0. The number of Topliss-reactive ketones (excluding diaryl/α,β-unsaturated/α-hetero) is 1. The van der Waals surface area contributed by atoms with Gasteiger partial charge in [0.2, 0.25) is 0 Å². The number of ether oxygens (including phenoxy) is 2. The van der Waals surface area contributed by atoms with Gasteiger partial charge in [0.1, 0.15) is 17.8 Å². The highest BCUT2D eigenvalue weighted by Gasteiger charge is 2.81. The van der Waals surface area contributed by atoms with E-state index in [1.165, 1.54) is 11.3 Å². The van der Waals surface area contributed by atoms with Gasteiger partial charge in [-0.15, -0.1) is 11.3 Å². The van der Waals surface area contributed by atoms with Crippen molar-refractivity contribution in [2.75, 3.05) is 6.61 Å². The molecule has 7 nitrogen and oxygen atoms in total. The van der Waals surface area contributed by atoms with E-state index in [0.717, 1.165) is 42.6 Å². The predicted octanol–water partition coefficient (Wildman–Crippen LogP) is 4.34. The summed E-state index contributed by atoms with van der Waals surface area (Å²) < 4.78 is 12.3. The van der Waals surface area contributed by atoms with Gasteiger partial charge in [-0.3, -0.25) is 9.78 Å². The van der Waals surface area contributed by atoms with Crippen LogP contribution in [0.5, 0.6) is 0 Å². The van der Waals surface area contributed by atoms with Crippen LogP contribution >= 0.6 is 11.3 Å². The number of esters is 1. The number of carbonyl (C=O) groups excluding carboxylic acids is 2. The van der Waals surface area contributed by atoms with Crippen molar-refractivity contribution < 1.29 is 29.3 Å². The average molecular weight is 554 g/mol. The van der Waals surface area contributed by atoms with E-state index in [0.29, 0.717) is 35.3 Å². The molecule has 8 heteroatoms. The van der Waals surface area contributed by atoms with E-state index < -0.39 is 17.1 Å². The summed E-state index contributed by atoms with van der Waals surface area (Å²) in [6.45, 7) is 8.42. The van der Waals surface area contributed by atoms with Crippen molar-refractivity contribution >= 4 is 28.7 Å². The van der Waals surface area contributed by atoms with Gasteiger partial charge in [0.15, 0.2) is 5.78 Å². The Morgan fingerprint density at radius 2 is 2.00 bits per heavy atom. The van der Waals surface area contributed by atoms with Crippen molar-refractivity contribution in [2.24, 2.45) is 40.4 Å². The van der Waals surface area contributed by atoms with Gasteiger partial charge < -0.3 is 19.7 Å². The number of fused-ring (bicyclic) bond motifs is 4. The normalized spacial score (nSPS) is 47.4. The minimum atomic E-state index is -0.803. The lowest BCUT2D eigenvalue weighted by Gasteiger charge is -2.58. The van der Waals surface area contributed by atoms with E-state index in [9.17, 15) is 19.8 Å². The van der Waals surface area contributed by atoms with Gasteiger partial charge in [0.05, 0.1) is 34.1 Å². The third-order valence-corrected chi connectivity index (χ3v) is 13.2. The molecule has 1 spiro atoms. The Hall–Kier alpha value is -1.87. The average Bonchev–Trinajstić information content (AvgIpc) is 3.22. The number of allylic oxidation sites excluding steroid dienone is 1. The van der Waals surface area contributed by atoms with Crippen molar-refractivity contribution in [3.63, 3.8) is 0 Å². The zero-order valence-corrected chi connectivity index (χ0v) is 24.0. The monoisotopic (exact) mass is 553 g/mol. The zero-order chi connectivity index (χ0) is 27.5. The molecule has 210 valence electrons. The van der Waals surface area contributed by atoms with Crippen LogP contribution in [-0.2, 0) is 19.1 Å². The fourth-order valence-electron chi connectivity index (χ4n) is 10.4. The number of hydrogen-bond donors (Lipinski definition) is 2. The number of nitrogens with zero attached hydrogens (tertiary/aromatic N) is 1. The van der Waals surface area contributed by atoms with Crippen LogP contribution in [0.2, 0.25) is 0 Å². The summed E-state index contributed by atoms with van der Waals surface area (Å²) in [6.07, 6.45) is 8.12. The molecule has 2 aliphatic heterocycles. The number of hydrogen-bond acceptors (Lipinski definition) is 8. The molecule has 4 fully saturated rings. The minimum Gasteiger partial charge on any atom is -0.458 e. The van der Waals surface area contributed by atoms with Crippen LogP contribution in [0.25, 0.3) is 5.57 Å². The van der Waals surface area contributed by atoms with Crippen molar-refractivity contribution in [1.29, 1.82) is 0 Å². The summed E-state index contributed by atoms with van der Waals surface area (Å²) in [4.78, 5) is 31.9. The van der Waals surface area contributed by atoms with Gasteiger partial charge in [-0.1, -0.05) is 19.4 Å². The zero-order valence-electron chi connectivity index (χ0n) is 23.2. The molecule has 1 aromatic rings. The molecule has 0 bridgehead atoms. The number of cyclic esters (lactones) is 1. The molecule has 0 radical (unpaired) electrons. The number of carbonyl (C=O) groups is 2. The van der Waals surface area contributed by atoms with Gasteiger partial charge in [-0.2, -0.15) is 0 Å². The van der Waals surface area contributed by atoms with Crippen LogP contribution in [0.3, 0.4) is 0 Å². The summed E-state index contributed by atoms with van der Waals surface area (Å²) in [6, 6.07) is 0. The second-order valence-corrected chi connectivity index (χ2v) is 14.5. The van der Waals surface area contributed by atoms with Crippen LogP contribution in [0.1, 0.15) is 71.1 Å². The van der Waals surface area contributed by atoms with Crippen molar-refractivity contribution in [2.45, 2.75) is 90.1 Å². The number of thiazole rings is 1. The van der Waals surface area contributed by atoms with Gasteiger partial charge in [0, 0.05) is 18.2 Å². The smallest absolute Gasteiger partial charge is 0.336 e. The Morgan fingerprint density at radius 1 is 1.21 bits per heavy atom. The van der Waals surface area contributed by atoms with E-state index in [4.69, 9.17) is 9.47 Å². The molecule has 39 heavy (non-hydrogen) atoms. The number of aliphatic hydroxyl groups is 2. The van der Waals surface area contributed by atoms with Gasteiger partial charge in [-0.25, -0.2) is 4.79 Å². The molecule has 0 aromatic carbocycles. The molecular formula is C31H39NO6S. The molecule has 4 aliphatic carbocycles. The number of aliphatic hydroxyl groups excluding tert-OH is 2. The maximum absolute atomic E-state index is 14.3. The van der Waals surface area contributed by atoms with E-state index in [1.807, 2.05) is 6.92 Å². The molecule has 1 aromatic heterocycles. The molecule has 2 N–H and O–H groups in total. The Balaban J connectivity index is 1.18. The van der Waals surface area contributed by atoms with Crippen molar-refractivity contribution in [3.8, 4) is 0 Å². The topological polar surface area (TPSA) is 109 Å². The second kappa shape index (κ2) is 8.57. The minimum absolute atomic E-state index is 0.0928. The Morgan fingerprint density at radius 3 is 2.69 bits per heavy atom. The van der Waals surface area contributed by atoms with Crippen LogP contribution in [-0.4, -0.2) is 57.5 Å². The Kier molecular flexibility index (Phi) is 5.73. The molecule has 11 atom stereocenters. The highest BCUT2D eigenvalue weighted by molar-refractivity contribution is 7.11. The largest absolute Gasteiger partial charge is 0.458 e. The SMILES string of the molecule is CC1=C(CO)C(=O)O[C@@H]([C@@H](C)[C@H]2CC[C@H]3[C@@H]4C[C@H]5O[C@]56[C@@H](O)C=C(c5cncs5)C(=O)[C@]6(C)[C@H]4CC[C@]23C)C1. The molecule has 7 rings (SSSR count). The number of epoxide rings is 1. The summed E-state index contributed by atoms with van der Waals surface area (Å²) >= 11 is 1.44. The molecule has 0 unspecified atom stereocenters. The third-order valence-electron chi connectivity index (χ3n) is 12.4. The lowest BCUT2D eigenvalue weighted by molar-refractivity contribution is -0.155. The summed E-state index contributed by atoms with van der Waals surface area (Å²) in [5.74, 6) is 1.36. The van der Waals surface area contributed by atoms with Crippen molar-refractivity contribution in [3.05, 3.63) is 33.8 Å². The molecule has 3 saturated carbocycles. The first-order valence-corrected chi connectivity index (χ1v) is 15.5. The third kappa shape index (κ3) is 3.23. The van der Waals surface area contributed by atoms with E-state index in [2.05, 4.69) is 25.8 Å². The van der Waals surface area contributed by atoms with Crippen LogP contribution in [0, 0.1) is 40.4 Å². The maximum atomic E-state index is 14.3. The predicted molar refractivity (Wildman–Crippen MR) is 145 cm³/mol. The summed E-state index contributed by atoms with van der Waals surface area (Å²) in [7, 11) is 0. The second-order valence-electron chi connectivity index (χ2n) is 13.6. The van der Waals surface area contributed by atoms with Crippen LogP contribution in [0.15, 0.2) is 28.9 Å². The fraction of sp³-hybridized carbons (Fsp3) is 0.710. The Labute approximate surface area is 233 Å². The lowest BCUT2D eigenvalue weighted by Crippen LogP contribution is -2.64. The molecule has 0 amide bonds. The van der Waals surface area contributed by atoms with E-state index in [1.54, 1.807) is 17.8 Å². The summed E-state index contributed by atoms with van der Waals surface area (Å²) in [5.41, 5.74) is 2.22. The van der Waals surface area contributed by atoms with E-state index in [-0.39, 0.29) is 47.8 Å². The highest BCUT2D eigenvalue weighted by Crippen LogP contribution is 2.74. The molecule has 6 aliphatic rings. The number of rotatable bonds is 4. The maximum Gasteiger partial charge on any atom is 0.336 e. The van der Waals surface area contributed by atoms with Gasteiger partial charge in [-0.05, 0) is 87.0 Å². The van der Waals surface area contributed by atoms with Crippen LogP contribution in [0.4, 0.5) is 0 Å². The molecule has 1 saturated heterocycles. The standard InChI is InChI=1S/C31H39NO6S/c1-15-9-23(37-28(36)19(15)13-33)16(2)20-5-6-21-17-11-26-31(38-26)25(34)10-18(24-12-32-14-39-24)27(35)30(31,4)22(17)7-8-29(20,21)3/h10,12,14,16-17,20-23,25-26,33-34H,5-9,11,13H2,1-4H3/t16-,17-,20+,21-,22-,23+,25-,26+,29+,30-,31+/m0/s1. The Bertz CT molecular complexity index is 1290. The first-order chi connectivity index (χ1) is 18.6. The van der Waals surface area contributed by atoms with E-state index >= 15 is 0 Å². The number of aromatic nitrogens is 1.